The standard InChI is InChI=1S/C25H24ClNO6/c1-30-19-7-3-17(4-8-19)15-32-22-12-11-21(25(29)27-13-14-28)23(26)24(22)33-16-18-5-9-20(31-2)10-6-18/h3-12,14H,13,15-16H2,1-2H3,(H,27,29). The van der Waals surface area contributed by atoms with Crippen LogP contribution in [0.4, 0.5) is 0 Å². The molecular formula is C25H24ClNO6. The average Bonchev–Trinajstić information content (AvgIpc) is 2.86. The summed E-state index contributed by atoms with van der Waals surface area (Å²) < 4.78 is 22.3. The van der Waals surface area contributed by atoms with Crippen LogP contribution in [0, 0.1) is 0 Å². The molecule has 0 saturated carbocycles. The highest BCUT2D eigenvalue weighted by Crippen LogP contribution is 2.39. The monoisotopic (exact) mass is 469 g/mol. The van der Waals surface area contributed by atoms with Crippen LogP contribution in [0.3, 0.4) is 0 Å². The van der Waals surface area contributed by atoms with E-state index in [4.69, 9.17) is 30.5 Å². The van der Waals surface area contributed by atoms with E-state index in [-0.39, 0.29) is 36.1 Å². The van der Waals surface area contributed by atoms with Crippen molar-refractivity contribution in [2.45, 2.75) is 13.2 Å². The van der Waals surface area contributed by atoms with Crippen molar-refractivity contribution in [1.82, 2.24) is 5.32 Å². The van der Waals surface area contributed by atoms with E-state index in [0.29, 0.717) is 12.0 Å². The Morgan fingerprint density at radius 3 is 1.91 bits per heavy atom. The van der Waals surface area contributed by atoms with Crippen molar-refractivity contribution in [3.63, 3.8) is 0 Å². The van der Waals surface area contributed by atoms with E-state index >= 15 is 0 Å². The van der Waals surface area contributed by atoms with Gasteiger partial charge in [-0.1, -0.05) is 35.9 Å². The SMILES string of the molecule is COc1ccc(COc2ccc(C(=O)NCC=O)c(Cl)c2OCc2ccc(OC)cc2)cc1. The fourth-order valence-corrected chi connectivity index (χ4v) is 3.25. The zero-order chi connectivity index (χ0) is 23.6. The number of hydrogen-bond acceptors (Lipinski definition) is 6. The van der Waals surface area contributed by atoms with Gasteiger partial charge in [-0.2, -0.15) is 0 Å². The fourth-order valence-electron chi connectivity index (χ4n) is 2.95. The summed E-state index contributed by atoms with van der Waals surface area (Å²) in [6.45, 7) is 0.338. The van der Waals surface area contributed by atoms with Crippen LogP contribution in [-0.2, 0) is 18.0 Å². The van der Waals surface area contributed by atoms with Gasteiger partial charge >= 0.3 is 0 Å². The highest BCUT2D eigenvalue weighted by molar-refractivity contribution is 6.35. The lowest BCUT2D eigenvalue weighted by Gasteiger charge is -2.17. The van der Waals surface area contributed by atoms with Gasteiger partial charge < -0.3 is 29.1 Å². The Kier molecular flexibility index (Phi) is 8.55. The summed E-state index contributed by atoms with van der Waals surface area (Å²) in [5.41, 5.74) is 1.98. The van der Waals surface area contributed by atoms with Gasteiger partial charge in [0.25, 0.3) is 5.91 Å². The number of halogens is 1. The number of hydrogen-bond donors (Lipinski definition) is 1. The van der Waals surface area contributed by atoms with E-state index in [1.54, 1.807) is 20.3 Å². The van der Waals surface area contributed by atoms with Crippen molar-refractivity contribution in [3.8, 4) is 23.0 Å². The van der Waals surface area contributed by atoms with Crippen LogP contribution in [0.15, 0.2) is 60.7 Å². The average molecular weight is 470 g/mol. The molecule has 0 aliphatic heterocycles. The molecule has 0 aliphatic rings. The van der Waals surface area contributed by atoms with Gasteiger partial charge in [0, 0.05) is 0 Å². The number of carbonyl (C=O) groups excluding carboxylic acids is 2. The van der Waals surface area contributed by atoms with E-state index < -0.39 is 5.91 Å². The lowest BCUT2D eigenvalue weighted by molar-refractivity contribution is -0.107. The lowest BCUT2D eigenvalue weighted by atomic mass is 10.1. The minimum Gasteiger partial charge on any atom is -0.497 e. The second kappa shape index (κ2) is 11.8. The molecule has 8 heteroatoms. The Balaban J connectivity index is 1.83. The lowest BCUT2D eigenvalue weighted by Crippen LogP contribution is -2.25. The molecular weight excluding hydrogens is 446 g/mol. The number of aldehydes is 1. The first-order valence-corrected chi connectivity index (χ1v) is 10.5. The molecule has 0 unspecified atom stereocenters. The molecule has 172 valence electrons. The number of ether oxygens (including phenoxy) is 4. The third-order valence-corrected chi connectivity index (χ3v) is 5.12. The molecule has 0 spiro atoms. The zero-order valence-corrected chi connectivity index (χ0v) is 19.1. The van der Waals surface area contributed by atoms with Gasteiger partial charge in [0.2, 0.25) is 0 Å². The van der Waals surface area contributed by atoms with E-state index in [1.807, 2.05) is 48.5 Å². The molecule has 0 aromatic heterocycles. The highest BCUT2D eigenvalue weighted by atomic mass is 35.5. The minimum absolute atomic E-state index is 0.0964. The summed E-state index contributed by atoms with van der Waals surface area (Å²) in [6, 6.07) is 18.0. The Hall–Kier alpha value is -3.71. The topological polar surface area (TPSA) is 83.1 Å². The molecule has 0 saturated heterocycles. The van der Waals surface area contributed by atoms with Crippen molar-refractivity contribution in [2.75, 3.05) is 20.8 Å². The van der Waals surface area contributed by atoms with Crippen molar-refractivity contribution in [1.29, 1.82) is 0 Å². The van der Waals surface area contributed by atoms with E-state index in [0.717, 1.165) is 22.6 Å². The Morgan fingerprint density at radius 2 is 1.39 bits per heavy atom. The fraction of sp³-hybridized carbons (Fsp3) is 0.200. The first-order chi connectivity index (χ1) is 16.0. The number of carbonyl (C=O) groups is 2. The predicted octanol–water partition coefficient (Wildman–Crippen LogP) is 4.44. The normalized spacial score (nSPS) is 10.3. The van der Waals surface area contributed by atoms with Crippen LogP contribution in [0.1, 0.15) is 21.5 Å². The number of rotatable bonds is 11. The van der Waals surface area contributed by atoms with Gasteiger partial charge in [-0.25, -0.2) is 0 Å². The Labute approximate surface area is 197 Å². The molecule has 7 nitrogen and oxygen atoms in total. The molecule has 3 rings (SSSR count). The summed E-state index contributed by atoms with van der Waals surface area (Å²) in [7, 11) is 3.20. The van der Waals surface area contributed by atoms with Crippen molar-refractivity contribution < 1.29 is 28.5 Å². The molecule has 1 N–H and O–H groups in total. The Morgan fingerprint density at radius 1 is 0.848 bits per heavy atom. The molecule has 0 aliphatic carbocycles. The van der Waals surface area contributed by atoms with E-state index in [1.165, 1.54) is 6.07 Å². The quantitative estimate of drug-likeness (QED) is 0.418. The molecule has 33 heavy (non-hydrogen) atoms. The van der Waals surface area contributed by atoms with Crippen LogP contribution >= 0.6 is 11.6 Å². The zero-order valence-electron chi connectivity index (χ0n) is 18.3. The summed E-state index contributed by atoms with van der Waals surface area (Å²) in [4.78, 5) is 23.0. The van der Waals surface area contributed by atoms with E-state index in [9.17, 15) is 9.59 Å². The van der Waals surface area contributed by atoms with Gasteiger partial charge in [-0.05, 0) is 47.5 Å². The first kappa shape index (κ1) is 23.9. The third-order valence-electron chi connectivity index (χ3n) is 4.75. The molecule has 0 atom stereocenters. The van der Waals surface area contributed by atoms with Crippen LogP contribution in [0.25, 0.3) is 0 Å². The van der Waals surface area contributed by atoms with Crippen LogP contribution < -0.4 is 24.3 Å². The maximum atomic E-state index is 12.4. The first-order valence-electron chi connectivity index (χ1n) is 10.1. The maximum absolute atomic E-state index is 12.4. The minimum atomic E-state index is -0.483. The molecule has 0 fully saturated rings. The van der Waals surface area contributed by atoms with Gasteiger partial charge in [-0.3, -0.25) is 4.79 Å². The van der Waals surface area contributed by atoms with E-state index in [2.05, 4.69) is 5.32 Å². The summed E-state index contributed by atoms with van der Waals surface area (Å²) >= 11 is 6.53. The molecule has 1 amide bonds. The summed E-state index contributed by atoms with van der Waals surface area (Å²) in [6.07, 6.45) is 0.596. The highest BCUT2D eigenvalue weighted by Gasteiger charge is 2.19. The van der Waals surface area contributed by atoms with Crippen molar-refractivity contribution in [3.05, 3.63) is 82.4 Å². The van der Waals surface area contributed by atoms with Gasteiger partial charge in [0.1, 0.15) is 31.0 Å². The van der Waals surface area contributed by atoms with Crippen LogP contribution in [-0.4, -0.2) is 33.0 Å². The molecule has 0 bridgehead atoms. The second-order valence-electron chi connectivity index (χ2n) is 6.90. The second-order valence-corrected chi connectivity index (χ2v) is 7.28. The molecule has 0 heterocycles. The predicted molar refractivity (Wildman–Crippen MR) is 125 cm³/mol. The summed E-state index contributed by atoms with van der Waals surface area (Å²) in [5.74, 6) is 1.62. The third kappa shape index (κ3) is 6.40. The Bertz CT molecular complexity index is 1080. The van der Waals surface area contributed by atoms with Gasteiger partial charge in [-0.15, -0.1) is 0 Å². The number of methoxy groups -OCH3 is 2. The van der Waals surface area contributed by atoms with Crippen molar-refractivity contribution in [2.24, 2.45) is 0 Å². The largest absolute Gasteiger partial charge is 0.497 e. The number of amides is 1. The van der Waals surface area contributed by atoms with Crippen LogP contribution in [0.2, 0.25) is 5.02 Å². The van der Waals surface area contributed by atoms with Crippen LogP contribution in [0.5, 0.6) is 23.0 Å². The smallest absolute Gasteiger partial charge is 0.253 e. The number of benzene rings is 3. The molecule has 3 aromatic carbocycles. The molecule has 0 radical (unpaired) electrons. The summed E-state index contributed by atoms with van der Waals surface area (Å²) in [5, 5.41) is 2.57. The molecule has 3 aromatic rings. The number of nitrogens with one attached hydrogen (secondary N) is 1. The van der Waals surface area contributed by atoms with Crippen molar-refractivity contribution >= 4 is 23.8 Å². The maximum Gasteiger partial charge on any atom is 0.253 e. The van der Waals surface area contributed by atoms with Gasteiger partial charge in [0.05, 0.1) is 31.4 Å². The van der Waals surface area contributed by atoms with Gasteiger partial charge in [0.15, 0.2) is 11.5 Å².